The summed E-state index contributed by atoms with van der Waals surface area (Å²) in [5, 5.41) is 5.05. The van der Waals surface area contributed by atoms with E-state index < -0.39 is 17.9 Å². The maximum atomic E-state index is 13.5. The summed E-state index contributed by atoms with van der Waals surface area (Å²) in [6, 6.07) is 9.20. The van der Waals surface area contributed by atoms with Crippen molar-refractivity contribution in [2.24, 2.45) is 5.92 Å². The van der Waals surface area contributed by atoms with Crippen LogP contribution in [0.1, 0.15) is 12.0 Å². The van der Waals surface area contributed by atoms with E-state index in [-0.39, 0.29) is 19.7 Å². The molecule has 1 saturated heterocycles. The minimum absolute atomic E-state index is 0.0672. The van der Waals surface area contributed by atoms with Gasteiger partial charge in [-0.25, -0.2) is 13.6 Å². The third-order valence-corrected chi connectivity index (χ3v) is 3.33. The van der Waals surface area contributed by atoms with Gasteiger partial charge in [-0.2, -0.15) is 0 Å². The summed E-state index contributed by atoms with van der Waals surface area (Å²) in [5.41, 5.74) is 0.856. The third-order valence-electron chi connectivity index (χ3n) is 3.33. The van der Waals surface area contributed by atoms with Crippen LogP contribution in [0.25, 0.3) is 0 Å². The van der Waals surface area contributed by atoms with Crippen molar-refractivity contribution in [1.29, 1.82) is 0 Å². The van der Waals surface area contributed by atoms with Crippen molar-refractivity contribution in [2.75, 3.05) is 19.6 Å². The Hall–Kier alpha value is -1.69. The molecular weight excluding hydrogens is 266 g/mol. The van der Waals surface area contributed by atoms with Crippen molar-refractivity contribution in [3.05, 3.63) is 35.9 Å². The standard InChI is InChI=1S/C14H18F2N2O2/c15-14(16)10-17-7-6-12(14)8-18-13(19)20-9-11-4-2-1-3-5-11/h1-5,12,17H,6-10H2,(H,18,19)/t12-/m0/s1. The zero-order valence-electron chi connectivity index (χ0n) is 11.1. The lowest BCUT2D eigenvalue weighted by Crippen LogP contribution is -2.50. The van der Waals surface area contributed by atoms with Crippen LogP contribution in [0, 0.1) is 5.92 Å². The van der Waals surface area contributed by atoms with Crippen molar-refractivity contribution in [3.8, 4) is 0 Å². The lowest BCUT2D eigenvalue weighted by molar-refractivity contribution is -0.0716. The number of alkyl halides is 2. The van der Waals surface area contributed by atoms with Gasteiger partial charge in [-0.15, -0.1) is 0 Å². The molecule has 1 aromatic rings. The largest absolute Gasteiger partial charge is 0.445 e. The second-order valence-electron chi connectivity index (χ2n) is 4.87. The Kier molecular flexibility index (Phi) is 4.89. The van der Waals surface area contributed by atoms with Crippen LogP contribution in [0.15, 0.2) is 30.3 Å². The van der Waals surface area contributed by atoms with Crippen LogP contribution in [0.5, 0.6) is 0 Å². The van der Waals surface area contributed by atoms with Gasteiger partial charge in [0.05, 0.1) is 6.54 Å². The minimum Gasteiger partial charge on any atom is -0.445 e. The van der Waals surface area contributed by atoms with Crippen LogP contribution in [0.4, 0.5) is 13.6 Å². The van der Waals surface area contributed by atoms with E-state index in [2.05, 4.69) is 10.6 Å². The Labute approximate surface area is 116 Å². The molecule has 1 atom stereocenters. The molecule has 0 aromatic heterocycles. The van der Waals surface area contributed by atoms with E-state index in [9.17, 15) is 13.6 Å². The second kappa shape index (κ2) is 6.65. The summed E-state index contributed by atoms with van der Waals surface area (Å²) >= 11 is 0. The Morgan fingerprint density at radius 2 is 2.15 bits per heavy atom. The summed E-state index contributed by atoms with van der Waals surface area (Å²) in [7, 11) is 0. The van der Waals surface area contributed by atoms with Gasteiger partial charge in [0.15, 0.2) is 0 Å². The van der Waals surface area contributed by atoms with Crippen LogP contribution in [0.3, 0.4) is 0 Å². The number of alkyl carbamates (subject to hydrolysis) is 1. The minimum atomic E-state index is -2.79. The van der Waals surface area contributed by atoms with Crippen LogP contribution in [-0.4, -0.2) is 31.7 Å². The molecule has 2 rings (SSSR count). The third kappa shape index (κ3) is 4.16. The fourth-order valence-electron chi connectivity index (χ4n) is 2.12. The summed E-state index contributed by atoms with van der Waals surface area (Å²) in [5.74, 6) is -3.63. The molecule has 0 unspecified atom stereocenters. The molecule has 0 spiro atoms. The smallest absolute Gasteiger partial charge is 0.407 e. The van der Waals surface area contributed by atoms with Crippen LogP contribution >= 0.6 is 0 Å². The topological polar surface area (TPSA) is 50.4 Å². The Bertz CT molecular complexity index is 440. The van der Waals surface area contributed by atoms with Gasteiger partial charge in [-0.1, -0.05) is 30.3 Å². The maximum absolute atomic E-state index is 13.5. The molecule has 0 saturated carbocycles. The molecule has 4 nitrogen and oxygen atoms in total. The Morgan fingerprint density at radius 3 is 2.85 bits per heavy atom. The number of carbonyl (C=O) groups is 1. The van der Waals surface area contributed by atoms with Gasteiger partial charge in [-0.05, 0) is 18.5 Å². The van der Waals surface area contributed by atoms with Gasteiger partial charge in [0, 0.05) is 12.5 Å². The van der Waals surface area contributed by atoms with Crippen LogP contribution in [-0.2, 0) is 11.3 Å². The average Bonchev–Trinajstić information content (AvgIpc) is 2.44. The van der Waals surface area contributed by atoms with E-state index in [1.807, 2.05) is 30.3 Å². The normalized spacial score (nSPS) is 21.2. The molecule has 2 N–H and O–H groups in total. The van der Waals surface area contributed by atoms with Crippen LogP contribution < -0.4 is 10.6 Å². The molecule has 0 aliphatic carbocycles. The van der Waals surface area contributed by atoms with Crippen molar-refractivity contribution in [3.63, 3.8) is 0 Å². The summed E-state index contributed by atoms with van der Waals surface area (Å²) in [4.78, 5) is 11.5. The average molecular weight is 284 g/mol. The number of piperidine rings is 1. The lowest BCUT2D eigenvalue weighted by atomic mass is 9.94. The molecule has 1 fully saturated rings. The predicted octanol–water partition coefficient (Wildman–Crippen LogP) is 2.16. The van der Waals surface area contributed by atoms with E-state index in [1.54, 1.807) is 0 Å². The predicted molar refractivity (Wildman–Crippen MR) is 70.6 cm³/mol. The summed E-state index contributed by atoms with van der Waals surface area (Å²) in [6.07, 6.45) is -0.324. The zero-order valence-corrected chi connectivity index (χ0v) is 11.1. The Morgan fingerprint density at radius 1 is 1.40 bits per heavy atom. The monoisotopic (exact) mass is 284 g/mol. The first-order valence-corrected chi connectivity index (χ1v) is 6.61. The van der Waals surface area contributed by atoms with Gasteiger partial charge < -0.3 is 15.4 Å². The number of nitrogens with one attached hydrogen (secondary N) is 2. The fourth-order valence-corrected chi connectivity index (χ4v) is 2.12. The number of amides is 1. The highest BCUT2D eigenvalue weighted by Gasteiger charge is 2.41. The van der Waals surface area contributed by atoms with Gasteiger partial charge in [0.2, 0.25) is 0 Å². The van der Waals surface area contributed by atoms with Gasteiger partial charge in [0.25, 0.3) is 5.92 Å². The number of halogens is 2. The zero-order chi connectivity index (χ0) is 14.4. The quantitative estimate of drug-likeness (QED) is 0.891. The number of hydrogen-bond donors (Lipinski definition) is 2. The highest BCUT2D eigenvalue weighted by molar-refractivity contribution is 5.67. The molecule has 20 heavy (non-hydrogen) atoms. The van der Waals surface area contributed by atoms with Crippen molar-refractivity contribution in [2.45, 2.75) is 19.0 Å². The fraction of sp³-hybridized carbons (Fsp3) is 0.500. The van der Waals surface area contributed by atoms with Crippen LogP contribution in [0.2, 0.25) is 0 Å². The first-order chi connectivity index (χ1) is 9.58. The van der Waals surface area contributed by atoms with Crippen molar-refractivity contribution >= 4 is 6.09 Å². The van der Waals surface area contributed by atoms with Crippen molar-refractivity contribution < 1.29 is 18.3 Å². The van der Waals surface area contributed by atoms with E-state index >= 15 is 0 Å². The first kappa shape index (κ1) is 14.7. The number of benzene rings is 1. The Balaban J connectivity index is 1.72. The van der Waals surface area contributed by atoms with Crippen molar-refractivity contribution in [1.82, 2.24) is 10.6 Å². The van der Waals surface area contributed by atoms with E-state index in [0.29, 0.717) is 13.0 Å². The molecule has 0 bridgehead atoms. The summed E-state index contributed by atoms with van der Waals surface area (Å²) in [6.45, 7) is 0.275. The molecule has 1 aliphatic heterocycles. The SMILES string of the molecule is O=C(NC[C@@H]1CCNCC1(F)F)OCc1ccccc1. The molecule has 110 valence electrons. The van der Waals surface area contributed by atoms with Gasteiger partial charge in [0.1, 0.15) is 6.61 Å². The number of carbonyl (C=O) groups excluding carboxylic acids is 1. The molecule has 1 aromatic carbocycles. The number of rotatable bonds is 4. The highest BCUT2D eigenvalue weighted by Crippen LogP contribution is 2.28. The summed E-state index contributed by atoms with van der Waals surface area (Å²) < 4.78 is 32.0. The number of ether oxygens (including phenoxy) is 1. The van der Waals surface area contributed by atoms with E-state index in [0.717, 1.165) is 5.56 Å². The molecular formula is C14H18F2N2O2. The van der Waals surface area contributed by atoms with Gasteiger partial charge in [-0.3, -0.25) is 0 Å². The molecule has 0 radical (unpaired) electrons. The molecule has 1 heterocycles. The molecule has 1 amide bonds. The second-order valence-corrected chi connectivity index (χ2v) is 4.87. The van der Waals surface area contributed by atoms with Gasteiger partial charge >= 0.3 is 6.09 Å². The highest BCUT2D eigenvalue weighted by atomic mass is 19.3. The van der Waals surface area contributed by atoms with E-state index in [4.69, 9.17) is 4.74 Å². The number of hydrogen-bond acceptors (Lipinski definition) is 3. The maximum Gasteiger partial charge on any atom is 0.407 e. The first-order valence-electron chi connectivity index (χ1n) is 6.61. The van der Waals surface area contributed by atoms with E-state index in [1.165, 1.54) is 0 Å². The molecule has 6 heteroatoms. The lowest BCUT2D eigenvalue weighted by Gasteiger charge is -2.31. The molecule has 1 aliphatic rings.